The molecule has 1 aromatic heterocycles. The number of piperazine rings is 1. The van der Waals surface area contributed by atoms with Gasteiger partial charge in [0, 0.05) is 26.2 Å². The minimum atomic E-state index is 0.633. The average Bonchev–Trinajstić information content (AvgIpc) is 2.29. The van der Waals surface area contributed by atoms with E-state index in [1.54, 1.807) is 0 Å². The van der Waals surface area contributed by atoms with Gasteiger partial charge in [-0.2, -0.15) is 5.10 Å². The Labute approximate surface area is 103 Å². The van der Waals surface area contributed by atoms with Crippen molar-refractivity contribution in [1.29, 1.82) is 0 Å². The van der Waals surface area contributed by atoms with Gasteiger partial charge in [0.2, 0.25) is 0 Å². The average molecular weight is 234 g/mol. The summed E-state index contributed by atoms with van der Waals surface area (Å²) in [6.07, 6.45) is 1.01. The van der Waals surface area contributed by atoms with Crippen molar-refractivity contribution in [2.75, 3.05) is 31.1 Å². The molecule has 4 nitrogen and oxygen atoms in total. The number of aryl methyl sites for hydroxylation is 1. The topological polar surface area (TPSA) is 41.1 Å². The SMILES string of the molecule is Cc1cc(CC(C)C)nnc1N1CCNCC1. The summed E-state index contributed by atoms with van der Waals surface area (Å²) < 4.78 is 0. The molecule has 1 N–H and O–H groups in total. The van der Waals surface area contributed by atoms with Crippen molar-refractivity contribution in [3.05, 3.63) is 17.3 Å². The molecule has 0 atom stereocenters. The molecule has 1 aliphatic rings. The lowest BCUT2D eigenvalue weighted by molar-refractivity contribution is 0.578. The van der Waals surface area contributed by atoms with E-state index < -0.39 is 0 Å². The summed E-state index contributed by atoms with van der Waals surface area (Å²) in [6.45, 7) is 10.7. The zero-order valence-electron chi connectivity index (χ0n) is 11.0. The molecule has 1 aliphatic heterocycles. The first kappa shape index (κ1) is 12.3. The Morgan fingerprint density at radius 1 is 1.29 bits per heavy atom. The molecule has 4 heteroatoms. The Morgan fingerprint density at radius 3 is 2.59 bits per heavy atom. The van der Waals surface area contributed by atoms with E-state index in [0.717, 1.165) is 44.1 Å². The first-order valence-electron chi connectivity index (χ1n) is 6.45. The number of nitrogens with one attached hydrogen (secondary N) is 1. The molecule has 0 radical (unpaired) electrons. The van der Waals surface area contributed by atoms with Crippen LogP contribution >= 0.6 is 0 Å². The second kappa shape index (κ2) is 5.45. The first-order chi connectivity index (χ1) is 8.16. The highest BCUT2D eigenvalue weighted by Crippen LogP contribution is 2.18. The first-order valence-corrected chi connectivity index (χ1v) is 6.45. The van der Waals surface area contributed by atoms with Crippen LogP contribution in [-0.2, 0) is 6.42 Å². The highest BCUT2D eigenvalue weighted by Gasteiger charge is 2.15. The number of aromatic nitrogens is 2. The van der Waals surface area contributed by atoms with Crippen LogP contribution in [0.4, 0.5) is 5.82 Å². The van der Waals surface area contributed by atoms with E-state index in [1.165, 1.54) is 5.56 Å². The van der Waals surface area contributed by atoms with E-state index >= 15 is 0 Å². The van der Waals surface area contributed by atoms with Gasteiger partial charge in [-0.15, -0.1) is 5.10 Å². The molecule has 0 saturated carbocycles. The van der Waals surface area contributed by atoms with Crippen LogP contribution in [0.1, 0.15) is 25.1 Å². The molecule has 2 rings (SSSR count). The number of hydrogen-bond acceptors (Lipinski definition) is 4. The predicted molar refractivity (Wildman–Crippen MR) is 70.4 cm³/mol. The molecule has 0 aromatic carbocycles. The maximum absolute atomic E-state index is 4.40. The fourth-order valence-electron chi connectivity index (χ4n) is 2.24. The van der Waals surface area contributed by atoms with Gasteiger partial charge < -0.3 is 10.2 Å². The van der Waals surface area contributed by atoms with Crippen LogP contribution in [0.2, 0.25) is 0 Å². The van der Waals surface area contributed by atoms with Crippen LogP contribution < -0.4 is 10.2 Å². The molecule has 1 saturated heterocycles. The molecule has 0 amide bonds. The quantitative estimate of drug-likeness (QED) is 0.858. The number of rotatable bonds is 3. The van der Waals surface area contributed by atoms with Gasteiger partial charge in [0.25, 0.3) is 0 Å². The highest BCUT2D eigenvalue weighted by atomic mass is 15.3. The Balaban J connectivity index is 2.13. The maximum atomic E-state index is 4.40. The van der Waals surface area contributed by atoms with Crippen LogP contribution in [0, 0.1) is 12.8 Å². The van der Waals surface area contributed by atoms with Crippen LogP contribution in [0.5, 0.6) is 0 Å². The van der Waals surface area contributed by atoms with Crippen LogP contribution in [0.3, 0.4) is 0 Å². The Kier molecular flexibility index (Phi) is 3.94. The highest BCUT2D eigenvalue weighted by molar-refractivity contribution is 5.46. The predicted octanol–water partition coefficient (Wildman–Crippen LogP) is 1.39. The van der Waals surface area contributed by atoms with Crippen molar-refractivity contribution < 1.29 is 0 Å². The van der Waals surface area contributed by atoms with Gasteiger partial charge in [-0.3, -0.25) is 0 Å². The van der Waals surface area contributed by atoms with Gasteiger partial charge in [0.1, 0.15) is 0 Å². The summed E-state index contributed by atoms with van der Waals surface area (Å²) in [5.74, 6) is 1.69. The van der Waals surface area contributed by atoms with E-state index in [-0.39, 0.29) is 0 Å². The Morgan fingerprint density at radius 2 is 2.00 bits per heavy atom. The van der Waals surface area contributed by atoms with E-state index in [4.69, 9.17) is 0 Å². The van der Waals surface area contributed by atoms with Crippen molar-refractivity contribution in [2.45, 2.75) is 27.2 Å². The minimum Gasteiger partial charge on any atom is -0.352 e. The van der Waals surface area contributed by atoms with Crippen molar-refractivity contribution in [2.24, 2.45) is 5.92 Å². The number of anilines is 1. The maximum Gasteiger partial charge on any atom is 0.154 e. The summed E-state index contributed by atoms with van der Waals surface area (Å²) in [4.78, 5) is 2.32. The summed E-state index contributed by atoms with van der Waals surface area (Å²) in [7, 11) is 0. The molecule has 0 spiro atoms. The van der Waals surface area contributed by atoms with Crippen molar-refractivity contribution in [3.63, 3.8) is 0 Å². The molecule has 0 bridgehead atoms. The molecule has 94 valence electrons. The second-order valence-corrected chi connectivity index (χ2v) is 5.18. The zero-order chi connectivity index (χ0) is 12.3. The number of hydrogen-bond donors (Lipinski definition) is 1. The van der Waals surface area contributed by atoms with Crippen molar-refractivity contribution >= 4 is 5.82 Å². The second-order valence-electron chi connectivity index (χ2n) is 5.18. The molecule has 1 aromatic rings. The lowest BCUT2D eigenvalue weighted by Crippen LogP contribution is -2.44. The van der Waals surface area contributed by atoms with Gasteiger partial charge in [0.15, 0.2) is 5.82 Å². The van der Waals surface area contributed by atoms with Gasteiger partial charge in [-0.05, 0) is 30.9 Å². The number of nitrogens with zero attached hydrogens (tertiary/aromatic N) is 3. The molecule has 1 fully saturated rings. The standard InChI is InChI=1S/C13H22N4/c1-10(2)8-12-9-11(3)13(16-15-12)17-6-4-14-5-7-17/h9-10,14H,4-8H2,1-3H3. The van der Waals surface area contributed by atoms with Gasteiger partial charge in [-0.1, -0.05) is 13.8 Å². The minimum absolute atomic E-state index is 0.633. The lowest BCUT2D eigenvalue weighted by Gasteiger charge is -2.29. The summed E-state index contributed by atoms with van der Waals surface area (Å²) in [5, 5.41) is 12.1. The smallest absolute Gasteiger partial charge is 0.154 e. The monoisotopic (exact) mass is 234 g/mol. The molecule has 2 heterocycles. The van der Waals surface area contributed by atoms with Crippen LogP contribution in [-0.4, -0.2) is 36.4 Å². The molecular formula is C13H22N4. The van der Waals surface area contributed by atoms with Gasteiger partial charge in [-0.25, -0.2) is 0 Å². The Hall–Kier alpha value is -1.16. The van der Waals surface area contributed by atoms with Crippen LogP contribution in [0.15, 0.2) is 6.07 Å². The van der Waals surface area contributed by atoms with Gasteiger partial charge >= 0.3 is 0 Å². The van der Waals surface area contributed by atoms with E-state index in [0.29, 0.717) is 5.92 Å². The third kappa shape index (κ3) is 3.16. The summed E-state index contributed by atoms with van der Waals surface area (Å²) in [6, 6.07) is 2.18. The summed E-state index contributed by atoms with van der Waals surface area (Å²) >= 11 is 0. The van der Waals surface area contributed by atoms with E-state index in [2.05, 4.69) is 47.3 Å². The fraction of sp³-hybridized carbons (Fsp3) is 0.692. The van der Waals surface area contributed by atoms with E-state index in [1.807, 2.05) is 0 Å². The normalized spacial score (nSPS) is 16.6. The van der Waals surface area contributed by atoms with Crippen molar-refractivity contribution in [3.8, 4) is 0 Å². The molecule has 0 aliphatic carbocycles. The molecule has 17 heavy (non-hydrogen) atoms. The third-order valence-electron chi connectivity index (χ3n) is 3.04. The largest absolute Gasteiger partial charge is 0.352 e. The fourth-order valence-corrected chi connectivity index (χ4v) is 2.24. The third-order valence-corrected chi connectivity index (χ3v) is 3.04. The zero-order valence-corrected chi connectivity index (χ0v) is 11.0. The van der Waals surface area contributed by atoms with Crippen LogP contribution in [0.25, 0.3) is 0 Å². The molecular weight excluding hydrogens is 212 g/mol. The lowest BCUT2D eigenvalue weighted by atomic mass is 10.1. The molecule has 0 unspecified atom stereocenters. The van der Waals surface area contributed by atoms with Crippen molar-refractivity contribution in [1.82, 2.24) is 15.5 Å². The summed E-state index contributed by atoms with van der Waals surface area (Å²) in [5.41, 5.74) is 2.36. The Bertz CT molecular complexity index is 370. The van der Waals surface area contributed by atoms with E-state index in [9.17, 15) is 0 Å². The van der Waals surface area contributed by atoms with Gasteiger partial charge in [0.05, 0.1) is 5.69 Å².